The molecular formula is C13H12ClFN2O2. The predicted molar refractivity (Wildman–Crippen MR) is 72.0 cm³/mol. The molecular weight excluding hydrogens is 271 g/mol. The third kappa shape index (κ3) is 3.26. The Bertz CT molecular complexity index is 623. The Kier molecular flexibility index (Phi) is 4.06. The minimum atomic E-state index is -0.535. The lowest BCUT2D eigenvalue weighted by Gasteiger charge is -2.10. The molecule has 2 N–H and O–H groups in total. The molecule has 1 aromatic heterocycles. The van der Waals surface area contributed by atoms with E-state index in [0.29, 0.717) is 5.69 Å². The van der Waals surface area contributed by atoms with Crippen LogP contribution >= 0.6 is 11.6 Å². The van der Waals surface area contributed by atoms with E-state index < -0.39 is 5.82 Å². The number of nitrogens with two attached hydrogens (primary N) is 1. The smallest absolute Gasteiger partial charge is 0.250 e. The van der Waals surface area contributed by atoms with Crippen molar-refractivity contribution in [2.45, 2.75) is 6.54 Å². The van der Waals surface area contributed by atoms with E-state index in [1.165, 1.54) is 41.1 Å². The summed E-state index contributed by atoms with van der Waals surface area (Å²) in [6.45, 7) is 0.374. The highest BCUT2D eigenvalue weighted by Crippen LogP contribution is 2.26. The molecule has 0 aliphatic heterocycles. The highest BCUT2D eigenvalue weighted by molar-refractivity contribution is 6.32. The number of halogens is 2. The van der Waals surface area contributed by atoms with E-state index in [-0.39, 0.29) is 29.5 Å². The summed E-state index contributed by atoms with van der Waals surface area (Å²) in [5.41, 5.74) is 5.86. The molecule has 1 aromatic carbocycles. The van der Waals surface area contributed by atoms with Gasteiger partial charge >= 0.3 is 0 Å². The van der Waals surface area contributed by atoms with Crippen LogP contribution in [0.4, 0.5) is 10.1 Å². The van der Waals surface area contributed by atoms with Gasteiger partial charge in [0.1, 0.15) is 6.61 Å². The third-order valence-corrected chi connectivity index (χ3v) is 2.80. The van der Waals surface area contributed by atoms with Crippen LogP contribution in [-0.2, 0) is 6.54 Å². The molecule has 0 spiro atoms. The molecule has 2 aromatic rings. The van der Waals surface area contributed by atoms with Crippen molar-refractivity contribution in [1.82, 2.24) is 4.57 Å². The van der Waals surface area contributed by atoms with Crippen LogP contribution in [0.2, 0.25) is 5.02 Å². The predicted octanol–water partition coefficient (Wildman–Crippen LogP) is 2.30. The molecule has 1 heterocycles. The summed E-state index contributed by atoms with van der Waals surface area (Å²) in [6, 6.07) is 7.17. The summed E-state index contributed by atoms with van der Waals surface area (Å²) in [4.78, 5) is 11.5. The van der Waals surface area contributed by atoms with Crippen LogP contribution in [0.1, 0.15) is 0 Å². The molecule has 0 bridgehead atoms. The Morgan fingerprint density at radius 3 is 2.84 bits per heavy atom. The first-order valence-electron chi connectivity index (χ1n) is 5.60. The standard InChI is InChI=1S/C13H12ClFN2O2/c14-10-2-1-3-11(15)13(10)19-7-6-17-8-9(16)4-5-12(17)18/h1-5,8H,6-7,16H2. The fourth-order valence-corrected chi connectivity index (χ4v) is 1.81. The minimum Gasteiger partial charge on any atom is -0.487 e. The van der Waals surface area contributed by atoms with Gasteiger partial charge in [-0.3, -0.25) is 4.79 Å². The highest BCUT2D eigenvalue weighted by atomic mass is 35.5. The quantitative estimate of drug-likeness (QED) is 0.936. The zero-order valence-corrected chi connectivity index (χ0v) is 10.7. The monoisotopic (exact) mass is 282 g/mol. The zero-order chi connectivity index (χ0) is 13.8. The van der Waals surface area contributed by atoms with Gasteiger partial charge in [0.25, 0.3) is 5.56 Å². The van der Waals surface area contributed by atoms with Crippen molar-refractivity contribution in [2.24, 2.45) is 0 Å². The molecule has 0 aliphatic rings. The average molecular weight is 283 g/mol. The summed E-state index contributed by atoms with van der Waals surface area (Å²) in [7, 11) is 0. The van der Waals surface area contributed by atoms with Crippen LogP contribution in [0.25, 0.3) is 0 Å². The normalized spacial score (nSPS) is 10.4. The number of hydrogen-bond acceptors (Lipinski definition) is 3. The summed E-state index contributed by atoms with van der Waals surface area (Å²) in [6.07, 6.45) is 1.51. The van der Waals surface area contributed by atoms with Crippen molar-refractivity contribution in [1.29, 1.82) is 0 Å². The second-order valence-corrected chi connectivity index (χ2v) is 4.30. The van der Waals surface area contributed by atoms with Gasteiger partial charge < -0.3 is 15.0 Å². The fraction of sp³-hybridized carbons (Fsp3) is 0.154. The average Bonchev–Trinajstić information content (AvgIpc) is 2.37. The maximum Gasteiger partial charge on any atom is 0.250 e. The van der Waals surface area contributed by atoms with Crippen molar-refractivity contribution < 1.29 is 9.13 Å². The molecule has 0 radical (unpaired) electrons. The van der Waals surface area contributed by atoms with Gasteiger partial charge in [-0.25, -0.2) is 4.39 Å². The molecule has 0 unspecified atom stereocenters. The molecule has 2 rings (SSSR count). The molecule has 19 heavy (non-hydrogen) atoms. The number of nitrogens with zero attached hydrogens (tertiary/aromatic N) is 1. The SMILES string of the molecule is Nc1ccc(=O)n(CCOc2c(F)cccc2Cl)c1. The number of pyridine rings is 1. The molecule has 100 valence electrons. The summed E-state index contributed by atoms with van der Waals surface area (Å²) >= 11 is 5.81. The topological polar surface area (TPSA) is 57.2 Å². The summed E-state index contributed by atoms with van der Waals surface area (Å²) in [5, 5.41) is 0.194. The molecule has 0 fully saturated rings. The van der Waals surface area contributed by atoms with E-state index in [1.807, 2.05) is 0 Å². The number of rotatable bonds is 4. The number of benzene rings is 1. The fourth-order valence-electron chi connectivity index (χ4n) is 1.59. The zero-order valence-electron chi connectivity index (χ0n) is 9.98. The van der Waals surface area contributed by atoms with E-state index in [4.69, 9.17) is 22.1 Å². The molecule has 0 aliphatic carbocycles. The van der Waals surface area contributed by atoms with E-state index >= 15 is 0 Å². The molecule has 0 amide bonds. The molecule has 6 heteroatoms. The van der Waals surface area contributed by atoms with E-state index in [9.17, 15) is 9.18 Å². The lowest BCUT2D eigenvalue weighted by atomic mass is 10.3. The van der Waals surface area contributed by atoms with Gasteiger partial charge in [-0.1, -0.05) is 17.7 Å². The number of ether oxygens (including phenoxy) is 1. The molecule has 0 atom stereocenters. The first kappa shape index (κ1) is 13.4. The second-order valence-electron chi connectivity index (χ2n) is 3.89. The van der Waals surface area contributed by atoms with Crippen LogP contribution in [0.15, 0.2) is 41.3 Å². The molecule has 4 nitrogen and oxygen atoms in total. The van der Waals surface area contributed by atoms with E-state index in [1.54, 1.807) is 0 Å². The first-order valence-corrected chi connectivity index (χ1v) is 5.98. The van der Waals surface area contributed by atoms with Crippen molar-refractivity contribution >= 4 is 17.3 Å². The number of hydrogen-bond donors (Lipinski definition) is 1. The Labute approximate surface area is 114 Å². The minimum absolute atomic E-state index is 0.0129. The van der Waals surface area contributed by atoms with Gasteiger partial charge in [-0.2, -0.15) is 0 Å². The second kappa shape index (κ2) is 5.75. The van der Waals surface area contributed by atoms with Crippen molar-refractivity contribution in [3.63, 3.8) is 0 Å². The molecule has 0 saturated carbocycles. The van der Waals surface area contributed by atoms with Crippen LogP contribution in [-0.4, -0.2) is 11.2 Å². The van der Waals surface area contributed by atoms with Crippen LogP contribution in [0.3, 0.4) is 0 Å². The van der Waals surface area contributed by atoms with Gasteiger partial charge in [0.15, 0.2) is 11.6 Å². The van der Waals surface area contributed by atoms with E-state index in [0.717, 1.165) is 0 Å². The van der Waals surface area contributed by atoms with Gasteiger partial charge in [-0.15, -0.1) is 0 Å². The molecule has 0 saturated heterocycles. The number of para-hydroxylation sites is 1. The summed E-state index contributed by atoms with van der Waals surface area (Å²) in [5.74, 6) is -0.548. The van der Waals surface area contributed by atoms with Gasteiger partial charge in [0, 0.05) is 18.0 Å². The number of anilines is 1. The number of aromatic nitrogens is 1. The van der Waals surface area contributed by atoms with Crippen LogP contribution in [0.5, 0.6) is 5.75 Å². The van der Waals surface area contributed by atoms with Crippen molar-refractivity contribution in [3.8, 4) is 5.75 Å². The van der Waals surface area contributed by atoms with Crippen molar-refractivity contribution in [3.05, 3.63) is 57.7 Å². The highest BCUT2D eigenvalue weighted by Gasteiger charge is 2.07. The van der Waals surface area contributed by atoms with Crippen LogP contribution < -0.4 is 16.0 Å². The Hall–Kier alpha value is -2.01. The first-order chi connectivity index (χ1) is 9.08. The van der Waals surface area contributed by atoms with Gasteiger partial charge in [-0.05, 0) is 18.2 Å². The Balaban J connectivity index is 2.04. The van der Waals surface area contributed by atoms with Crippen LogP contribution in [0, 0.1) is 5.82 Å². The lowest BCUT2D eigenvalue weighted by Crippen LogP contribution is -2.22. The lowest BCUT2D eigenvalue weighted by molar-refractivity contribution is 0.283. The van der Waals surface area contributed by atoms with Crippen molar-refractivity contribution in [2.75, 3.05) is 12.3 Å². The van der Waals surface area contributed by atoms with E-state index in [2.05, 4.69) is 0 Å². The summed E-state index contributed by atoms with van der Waals surface area (Å²) < 4.78 is 20.1. The van der Waals surface area contributed by atoms with Gasteiger partial charge in [0.05, 0.1) is 11.6 Å². The maximum absolute atomic E-state index is 13.4. The Morgan fingerprint density at radius 1 is 1.32 bits per heavy atom. The Morgan fingerprint density at radius 2 is 2.11 bits per heavy atom. The number of nitrogen functional groups attached to an aromatic ring is 1. The third-order valence-electron chi connectivity index (χ3n) is 2.50. The maximum atomic E-state index is 13.4. The van der Waals surface area contributed by atoms with Gasteiger partial charge in [0.2, 0.25) is 0 Å². The largest absolute Gasteiger partial charge is 0.487 e.